The molecule has 0 bridgehead atoms. The van der Waals surface area contributed by atoms with Gasteiger partial charge in [-0.1, -0.05) is 6.07 Å². The Bertz CT molecular complexity index is 997. The fourth-order valence-electron chi connectivity index (χ4n) is 4.62. The number of aromatic hydroxyl groups is 2. The molecule has 0 aliphatic carbocycles. The molecule has 0 saturated carbocycles. The van der Waals surface area contributed by atoms with Gasteiger partial charge >= 0.3 is 0 Å². The molecule has 2 heterocycles. The number of ether oxygens (including phenoxy) is 4. The van der Waals surface area contributed by atoms with Gasteiger partial charge < -0.3 is 65.3 Å². The number of amides is 2. The van der Waals surface area contributed by atoms with E-state index in [0.29, 0.717) is 0 Å². The van der Waals surface area contributed by atoms with Gasteiger partial charge in [0.2, 0.25) is 5.91 Å². The molecular weight excluding hydrogens is 524 g/mol. The maximum Gasteiger partial charge on any atom is 0.252 e. The molecule has 0 radical (unpaired) electrons. The van der Waals surface area contributed by atoms with Gasteiger partial charge in [-0.25, -0.2) is 0 Å². The van der Waals surface area contributed by atoms with E-state index in [4.69, 9.17) is 18.9 Å². The van der Waals surface area contributed by atoms with Crippen LogP contribution in [-0.2, 0) is 28.5 Å². The summed E-state index contributed by atoms with van der Waals surface area (Å²) < 4.78 is 22.2. The molecule has 15 nitrogen and oxygen atoms in total. The molecule has 0 spiro atoms. The zero-order valence-electron chi connectivity index (χ0n) is 21.6. The van der Waals surface area contributed by atoms with Gasteiger partial charge in [0.1, 0.15) is 36.6 Å². The molecule has 2 aliphatic rings. The maximum absolute atomic E-state index is 13.0. The number of methoxy groups -OCH3 is 1. The molecule has 220 valence electrons. The van der Waals surface area contributed by atoms with E-state index in [-0.39, 0.29) is 17.9 Å². The minimum absolute atomic E-state index is 0.195. The van der Waals surface area contributed by atoms with Crippen LogP contribution < -0.4 is 10.6 Å². The number of aliphatic hydroxyl groups is 5. The van der Waals surface area contributed by atoms with E-state index in [0.717, 1.165) is 6.07 Å². The fraction of sp³-hybridized carbons (Fsp3) is 0.667. The first-order chi connectivity index (χ1) is 18.4. The Morgan fingerprint density at radius 3 is 2.33 bits per heavy atom. The average molecular weight is 561 g/mol. The molecule has 11 atom stereocenters. The lowest BCUT2D eigenvalue weighted by Crippen LogP contribution is -2.68. The van der Waals surface area contributed by atoms with Gasteiger partial charge in [0.15, 0.2) is 23.9 Å². The Hall–Kier alpha value is -2.60. The number of hydrogen-bond donors (Lipinski definition) is 9. The third-order valence-corrected chi connectivity index (χ3v) is 6.74. The summed E-state index contributed by atoms with van der Waals surface area (Å²) in [6, 6.07) is 2.69. The predicted octanol–water partition coefficient (Wildman–Crippen LogP) is -3.26. The van der Waals surface area contributed by atoms with Crippen LogP contribution in [0, 0.1) is 0 Å². The molecule has 2 aliphatic heterocycles. The summed E-state index contributed by atoms with van der Waals surface area (Å²) in [5.41, 5.74) is 0.195. The van der Waals surface area contributed by atoms with Gasteiger partial charge in [-0.15, -0.1) is 0 Å². The Labute approximate surface area is 223 Å². The quantitative estimate of drug-likeness (QED) is 0.135. The lowest BCUT2D eigenvalue weighted by molar-refractivity contribution is -0.325. The zero-order valence-corrected chi connectivity index (χ0v) is 21.6. The standard InChI is InChI=1S/C24H36N2O13/c1-9-16(26-10(2)28)20(17(32)15(8-27)37-9)38-24-19(34)18(33)21(36-3)22(39-24)23(35)25-7-14(31)11-4-5-12(29)13(30)6-11/h4-6,9,14-22,24,27,29-34H,7-8H2,1-3H3,(H,25,35)(H,26,28)/t9-,14?,15?,16?,17+,18?,19?,20?,21-,22?,24+/m0/s1. The van der Waals surface area contributed by atoms with Gasteiger partial charge in [-0.05, 0) is 24.6 Å². The summed E-state index contributed by atoms with van der Waals surface area (Å²) in [5, 5.41) is 76.2. The van der Waals surface area contributed by atoms with Gasteiger partial charge in [-0.3, -0.25) is 9.59 Å². The van der Waals surface area contributed by atoms with Crippen LogP contribution in [0.4, 0.5) is 0 Å². The monoisotopic (exact) mass is 560 g/mol. The molecule has 2 fully saturated rings. The van der Waals surface area contributed by atoms with Crippen molar-refractivity contribution in [2.24, 2.45) is 0 Å². The van der Waals surface area contributed by atoms with Crippen molar-refractivity contribution >= 4 is 11.8 Å². The highest BCUT2D eigenvalue weighted by molar-refractivity contribution is 5.81. The predicted molar refractivity (Wildman–Crippen MR) is 129 cm³/mol. The molecule has 1 aromatic carbocycles. The minimum Gasteiger partial charge on any atom is -0.504 e. The van der Waals surface area contributed by atoms with Crippen molar-refractivity contribution in [1.29, 1.82) is 0 Å². The summed E-state index contributed by atoms with van der Waals surface area (Å²) in [7, 11) is 1.18. The smallest absolute Gasteiger partial charge is 0.252 e. The second-order valence-corrected chi connectivity index (χ2v) is 9.50. The van der Waals surface area contributed by atoms with E-state index < -0.39 is 91.4 Å². The van der Waals surface area contributed by atoms with Crippen LogP contribution in [0.25, 0.3) is 0 Å². The van der Waals surface area contributed by atoms with Crippen molar-refractivity contribution in [1.82, 2.24) is 10.6 Å². The van der Waals surface area contributed by atoms with Crippen LogP contribution in [-0.4, -0.2) is 129 Å². The Kier molecular flexibility index (Phi) is 10.4. The highest BCUT2D eigenvalue weighted by atomic mass is 16.7. The highest BCUT2D eigenvalue weighted by Gasteiger charge is 2.52. The third-order valence-electron chi connectivity index (χ3n) is 6.74. The minimum atomic E-state index is -1.75. The van der Waals surface area contributed by atoms with Gasteiger partial charge in [0, 0.05) is 20.6 Å². The summed E-state index contributed by atoms with van der Waals surface area (Å²) in [6.45, 7) is 1.88. The van der Waals surface area contributed by atoms with Gasteiger partial charge in [0.05, 0.1) is 24.9 Å². The summed E-state index contributed by atoms with van der Waals surface area (Å²) in [6.07, 6.45) is -13.9. The van der Waals surface area contributed by atoms with Crippen molar-refractivity contribution in [3.8, 4) is 11.5 Å². The summed E-state index contributed by atoms with van der Waals surface area (Å²) in [5.74, 6) is -2.17. The lowest BCUT2D eigenvalue weighted by Gasteiger charge is -2.47. The van der Waals surface area contributed by atoms with Crippen molar-refractivity contribution in [3.05, 3.63) is 23.8 Å². The van der Waals surface area contributed by atoms with E-state index in [1.54, 1.807) is 6.92 Å². The van der Waals surface area contributed by atoms with Crippen molar-refractivity contribution in [2.45, 2.75) is 81.1 Å². The Morgan fingerprint density at radius 1 is 1.05 bits per heavy atom. The number of hydrogen-bond acceptors (Lipinski definition) is 13. The fourth-order valence-corrected chi connectivity index (χ4v) is 4.62. The molecule has 7 unspecified atom stereocenters. The molecule has 0 aromatic heterocycles. The largest absolute Gasteiger partial charge is 0.504 e. The lowest BCUT2D eigenvalue weighted by atomic mass is 9.92. The van der Waals surface area contributed by atoms with Crippen LogP contribution >= 0.6 is 0 Å². The van der Waals surface area contributed by atoms with Crippen molar-refractivity contribution in [3.63, 3.8) is 0 Å². The van der Waals surface area contributed by atoms with E-state index in [1.165, 1.54) is 26.2 Å². The van der Waals surface area contributed by atoms with Gasteiger partial charge in [0.25, 0.3) is 5.91 Å². The second-order valence-electron chi connectivity index (χ2n) is 9.50. The normalized spacial score (nSPS) is 35.7. The summed E-state index contributed by atoms with van der Waals surface area (Å²) in [4.78, 5) is 24.8. The van der Waals surface area contributed by atoms with E-state index >= 15 is 0 Å². The molecule has 9 N–H and O–H groups in total. The number of carbonyl (C=O) groups is 2. The number of phenols is 2. The second kappa shape index (κ2) is 13.2. The van der Waals surface area contributed by atoms with Crippen LogP contribution in [0.15, 0.2) is 18.2 Å². The average Bonchev–Trinajstić information content (AvgIpc) is 2.89. The number of phenolic OH excluding ortho intramolecular Hbond substituents is 2. The van der Waals surface area contributed by atoms with Crippen LogP contribution in [0.5, 0.6) is 11.5 Å². The molecule has 2 saturated heterocycles. The SMILES string of the molecule is CO[C@@H]1C(C(=O)NCC(O)c2ccc(O)c(O)c2)O[C@@H](OC2C(NC(C)=O)[C@H](C)OC(CO)[C@H]2O)C(O)C1O. The Morgan fingerprint density at radius 2 is 1.74 bits per heavy atom. The number of carbonyl (C=O) groups excluding carboxylic acids is 2. The zero-order chi connectivity index (χ0) is 29.0. The molecule has 3 rings (SSSR count). The molecule has 2 amide bonds. The van der Waals surface area contributed by atoms with Crippen LogP contribution in [0.3, 0.4) is 0 Å². The Balaban J connectivity index is 1.76. The third kappa shape index (κ3) is 6.95. The number of benzene rings is 1. The number of rotatable bonds is 9. The maximum atomic E-state index is 13.0. The van der Waals surface area contributed by atoms with Crippen LogP contribution in [0.2, 0.25) is 0 Å². The first-order valence-corrected chi connectivity index (χ1v) is 12.3. The van der Waals surface area contributed by atoms with Crippen LogP contribution in [0.1, 0.15) is 25.5 Å². The van der Waals surface area contributed by atoms with Crippen molar-refractivity contribution < 1.29 is 64.3 Å². The highest BCUT2D eigenvalue weighted by Crippen LogP contribution is 2.31. The van der Waals surface area contributed by atoms with Gasteiger partial charge in [-0.2, -0.15) is 0 Å². The van der Waals surface area contributed by atoms with Crippen molar-refractivity contribution in [2.75, 3.05) is 20.3 Å². The van der Waals surface area contributed by atoms with E-state index in [9.17, 15) is 45.3 Å². The first kappa shape index (κ1) is 30.9. The number of aliphatic hydroxyl groups excluding tert-OH is 5. The topological polar surface area (TPSA) is 237 Å². The summed E-state index contributed by atoms with van der Waals surface area (Å²) >= 11 is 0. The number of nitrogens with one attached hydrogen (secondary N) is 2. The molecule has 15 heteroatoms. The first-order valence-electron chi connectivity index (χ1n) is 12.3. The van der Waals surface area contributed by atoms with E-state index in [2.05, 4.69) is 10.6 Å². The molecule has 39 heavy (non-hydrogen) atoms. The molecule has 1 aromatic rings. The van der Waals surface area contributed by atoms with E-state index in [1.807, 2.05) is 0 Å². The molecular formula is C24H36N2O13.